The molecule has 1 aromatic carbocycles. The van der Waals surface area contributed by atoms with Gasteiger partial charge in [0.1, 0.15) is 5.38 Å². The molecule has 1 N–H and O–H groups in total. The number of aryl methyl sites for hydroxylation is 2. The molecule has 0 aliphatic heterocycles. The third-order valence-electron chi connectivity index (χ3n) is 2.73. The molecule has 0 heterocycles. The Morgan fingerprint density at radius 2 is 2.13 bits per heavy atom. The van der Waals surface area contributed by atoms with Crippen LogP contribution in [0.3, 0.4) is 0 Å². The van der Waals surface area contributed by atoms with Crippen LogP contribution in [0.1, 0.15) is 24.5 Å². The summed E-state index contributed by atoms with van der Waals surface area (Å²) in [6.45, 7) is 1.67. The van der Waals surface area contributed by atoms with Gasteiger partial charge in [0.05, 0.1) is 0 Å². The zero-order valence-corrected chi connectivity index (χ0v) is 9.47. The molecular formula is C12H14ClNO. The lowest BCUT2D eigenvalue weighted by molar-refractivity contribution is -0.115. The quantitative estimate of drug-likeness (QED) is 0.768. The van der Waals surface area contributed by atoms with Gasteiger partial charge in [-0.1, -0.05) is 6.07 Å². The van der Waals surface area contributed by atoms with Crippen LogP contribution in [0.2, 0.25) is 0 Å². The molecule has 1 atom stereocenters. The maximum absolute atomic E-state index is 11.4. The Balaban J connectivity index is 2.13. The largest absolute Gasteiger partial charge is 0.325 e. The van der Waals surface area contributed by atoms with Crippen molar-refractivity contribution in [3.05, 3.63) is 29.3 Å². The zero-order chi connectivity index (χ0) is 10.8. The van der Waals surface area contributed by atoms with Gasteiger partial charge < -0.3 is 5.32 Å². The average Bonchev–Trinajstić information content (AvgIpc) is 2.64. The predicted octanol–water partition coefficient (Wildman–Crippen LogP) is 2.74. The number of benzene rings is 1. The molecule has 1 aliphatic rings. The monoisotopic (exact) mass is 223 g/mol. The first-order valence-electron chi connectivity index (χ1n) is 5.23. The SMILES string of the molecule is CC(Cl)C(=O)Nc1ccc2c(c1)CCC2. The van der Waals surface area contributed by atoms with Gasteiger partial charge in [0.15, 0.2) is 0 Å². The van der Waals surface area contributed by atoms with Crippen LogP contribution in [0.5, 0.6) is 0 Å². The number of carbonyl (C=O) groups is 1. The van der Waals surface area contributed by atoms with E-state index in [9.17, 15) is 4.79 Å². The van der Waals surface area contributed by atoms with Crippen molar-refractivity contribution >= 4 is 23.2 Å². The molecule has 2 rings (SSSR count). The van der Waals surface area contributed by atoms with Crippen LogP contribution >= 0.6 is 11.6 Å². The molecule has 0 bridgehead atoms. The molecule has 0 saturated carbocycles. The maximum atomic E-state index is 11.4. The molecular weight excluding hydrogens is 210 g/mol. The van der Waals surface area contributed by atoms with Crippen LogP contribution < -0.4 is 5.32 Å². The van der Waals surface area contributed by atoms with Crippen molar-refractivity contribution in [2.45, 2.75) is 31.6 Å². The van der Waals surface area contributed by atoms with Crippen LogP contribution in [-0.4, -0.2) is 11.3 Å². The lowest BCUT2D eigenvalue weighted by Gasteiger charge is -2.08. The third-order valence-corrected chi connectivity index (χ3v) is 2.93. The van der Waals surface area contributed by atoms with E-state index in [1.54, 1.807) is 6.92 Å². The second kappa shape index (κ2) is 4.23. The summed E-state index contributed by atoms with van der Waals surface area (Å²) in [4.78, 5) is 11.4. The Morgan fingerprint density at radius 1 is 1.40 bits per heavy atom. The van der Waals surface area contributed by atoms with Crippen LogP contribution in [0.4, 0.5) is 5.69 Å². The van der Waals surface area contributed by atoms with Crippen molar-refractivity contribution in [1.29, 1.82) is 0 Å². The van der Waals surface area contributed by atoms with Gasteiger partial charge in [0, 0.05) is 5.69 Å². The lowest BCUT2D eigenvalue weighted by atomic mass is 10.1. The fourth-order valence-corrected chi connectivity index (χ4v) is 1.95. The topological polar surface area (TPSA) is 29.1 Å². The minimum absolute atomic E-state index is 0.144. The minimum Gasteiger partial charge on any atom is -0.325 e. The van der Waals surface area contributed by atoms with E-state index < -0.39 is 5.38 Å². The second-order valence-corrected chi connectivity index (χ2v) is 4.60. The van der Waals surface area contributed by atoms with E-state index in [0.717, 1.165) is 18.5 Å². The highest BCUT2D eigenvalue weighted by Gasteiger charge is 2.13. The lowest BCUT2D eigenvalue weighted by Crippen LogP contribution is -2.20. The van der Waals surface area contributed by atoms with Gasteiger partial charge in [-0.3, -0.25) is 4.79 Å². The molecule has 0 fully saturated rings. The normalized spacial score (nSPS) is 15.9. The number of fused-ring (bicyclic) bond motifs is 1. The fourth-order valence-electron chi connectivity index (χ4n) is 1.89. The van der Waals surface area contributed by atoms with Gasteiger partial charge in [0.25, 0.3) is 0 Å². The van der Waals surface area contributed by atoms with Crippen LogP contribution in [0, 0.1) is 0 Å². The summed E-state index contributed by atoms with van der Waals surface area (Å²) in [5, 5.41) is 2.31. The number of carbonyl (C=O) groups excluding carboxylic acids is 1. The molecule has 15 heavy (non-hydrogen) atoms. The first kappa shape index (κ1) is 10.5. The van der Waals surface area contributed by atoms with E-state index >= 15 is 0 Å². The van der Waals surface area contributed by atoms with Crippen LogP contribution in [0.15, 0.2) is 18.2 Å². The predicted molar refractivity (Wildman–Crippen MR) is 62.4 cm³/mol. The first-order valence-corrected chi connectivity index (χ1v) is 5.67. The molecule has 0 aromatic heterocycles. The van der Waals surface area contributed by atoms with E-state index in [1.165, 1.54) is 17.5 Å². The van der Waals surface area contributed by atoms with Gasteiger partial charge in [-0.15, -0.1) is 11.6 Å². The summed E-state index contributed by atoms with van der Waals surface area (Å²) in [5.74, 6) is -0.144. The maximum Gasteiger partial charge on any atom is 0.242 e. The molecule has 2 nitrogen and oxygen atoms in total. The Kier molecular flexibility index (Phi) is 2.96. The Hall–Kier alpha value is -1.02. The van der Waals surface area contributed by atoms with Crippen molar-refractivity contribution in [2.24, 2.45) is 0 Å². The van der Waals surface area contributed by atoms with Gasteiger partial charge in [-0.05, 0) is 49.4 Å². The third kappa shape index (κ3) is 2.32. The standard InChI is InChI=1S/C12H14ClNO/c1-8(13)12(15)14-11-6-5-9-3-2-4-10(9)7-11/h5-8H,2-4H2,1H3,(H,14,15). The summed E-state index contributed by atoms with van der Waals surface area (Å²) < 4.78 is 0. The van der Waals surface area contributed by atoms with Gasteiger partial charge in [-0.2, -0.15) is 0 Å². The number of rotatable bonds is 2. The summed E-state index contributed by atoms with van der Waals surface area (Å²) >= 11 is 5.68. The number of alkyl halides is 1. The van der Waals surface area contributed by atoms with Gasteiger partial charge in [0.2, 0.25) is 5.91 Å². The summed E-state index contributed by atoms with van der Waals surface area (Å²) in [7, 11) is 0. The van der Waals surface area contributed by atoms with Crippen molar-refractivity contribution in [2.75, 3.05) is 5.32 Å². The molecule has 1 aromatic rings. The zero-order valence-electron chi connectivity index (χ0n) is 8.72. The molecule has 0 saturated heterocycles. The molecule has 3 heteroatoms. The number of hydrogen-bond donors (Lipinski definition) is 1. The second-order valence-electron chi connectivity index (χ2n) is 3.94. The van der Waals surface area contributed by atoms with Crippen molar-refractivity contribution < 1.29 is 4.79 Å². The number of halogens is 1. The van der Waals surface area contributed by atoms with Gasteiger partial charge >= 0.3 is 0 Å². The first-order chi connectivity index (χ1) is 7.16. The molecule has 1 amide bonds. The number of nitrogens with one attached hydrogen (secondary N) is 1. The van der Waals surface area contributed by atoms with E-state index in [4.69, 9.17) is 11.6 Å². The van der Waals surface area contributed by atoms with Crippen LogP contribution in [-0.2, 0) is 17.6 Å². The fraction of sp³-hybridized carbons (Fsp3) is 0.417. The van der Waals surface area contributed by atoms with E-state index in [1.807, 2.05) is 6.07 Å². The molecule has 80 valence electrons. The van der Waals surface area contributed by atoms with Crippen molar-refractivity contribution in [3.8, 4) is 0 Å². The van der Waals surface area contributed by atoms with Gasteiger partial charge in [-0.25, -0.2) is 0 Å². The Labute approximate surface area is 94.6 Å². The minimum atomic E-state index is -0.488. The van der Waals surface area contributed by atoms with E-state index in [0.29, 0.717) is 0 Å². The molecule has 1 unspecified atom stereocenters. The molecule has 0 radical (unpaired) electrons. The summed E-state index contributed by atoms with van der Waals surface area (Å²) in [6, 6.07) is 6.09. The number of amides is 1. The summed E-state index contributed by atoms with van der Waals surface area (Å²) in [5.41, 5.74) is 3.62. The number of anilines is 1. The van der Waals surface area contributed by atoms with E-state index in [-0.39, 0.29) is 5.91 Å². The highest BCUT2D eigenvalue weighted by molar-refractivity contribution is 6.32. The summed E-state index contributed by atoms with van der Waals surface area (Å²) in [6.07, 6.45) is 3.50. The van der Waals surface area contributed by atoms with Crippen molar-refractivity contribution in [1.82, 2.24) is 0 Å². The highest BCUT2D eigenvalue weighted by Crippen LogP contribution is 2.24. The molecule has 1 aliphatic carbocycles. The van der Waals surface area contributed by atoms with E-state index in [2.05, 4.69) is 17.4 Å². The highest BCUT2D eigenvalue weighted by atomic mass is 35.5. The number of hydrogen-bond acceptors (Lipinski definition) is 1. The average molecular weight is 224 g/mol. The van der Waals surface area contributed by atoms with Crippen molar-refractivity contribution in [3.63, 3.8) is 0 Å². The Bertz CT molecular complexity index is 387. The Morgan fingerprint density at radius 3 is 2.87 bits per heavy atom. The van der Waals surface area contributed by atoms with Crippen LogP contribution in [0.25, 0.3) is 0 Å². The smallest absolute Gasteiger partial charge is 0.242 e. The molecule has 0 spiro atoms.